The van der Waals surface area contributed by atoms with Crippen LogP contribution >= 0.6 is 0 Å². The molecule has 0 spiro atoms. The summed E-state index contributed by atoms with van der Waals surface area (Å²) in [6.07, 6.45) is 1.54. The first-order valence-corrected chi connectivity index (χ1v) is 4.88. The van der Waals surface area contributed by atoms with E-state index in [1.807, 2.05) is 6.92 Å². The molecule has 0 aliphatic heterocycles. The monoisotopic (exact) mass is 188 g/mol. The van der Waals surface area contributed by atoms with E-state index < -0.39 is 12.1 Å². The molecule has 3 nitrogen and oxygen atoms in total. The Kier molecular flexibility index (Phi) is 5.71. The molecule has 0 bridgehead atoms. The highest BCUT2D eigenvalue weighted by atomic mass is 16.4. The van der Waals surface area contributed by atoms with Gasteiger partial charge in [-0.05, 0) is 18.3 Å². The maximum atomic E-state index is 10.4. The summed E-state index contributed by atoms with van der Waals surface area (Å²) >= 11 is 0. The average molecular weight is 188 g/mol. The van der Waals surface area contributed by atoms with Gasteiger partial charge in [0.1, 0.15) is 0 Å². The topological polar surface area (TPSA) is 57.5 Å². The lowest BCUT2D eigenvalue weighted by atomic mass is 9.88. The van der Waals surface area contributed by atoms with Crippen LogP contribution in [-0.2, 0) is 4.79 Å². The second kappa shape index (κ2) is 5.97. The third-order valence-electron chi connectivity index (χ3n) is 2.41. The van der Waals surface area contributed by atoms with Crippen molar-refractivity contribution in [2.75, 3.05) is 0 Å². The van der Waals surface area contributed by atoms with E-state index in [0.29, 0.717) is 0 Å². The fourth-order valence-electron chi connectivity index (χ4n) is 1.58. The van der Waals surface area contributed by atoms with E-state index in [-0.39, 0.29) is 18.3 Å². The Morgan fingerprint density at radius 1 is 1.31 bits per heavy atom. The van der Waals surface area contributed by atoms with Gasteiger partial charge in [-0.15, -0.1) is 0 Å². The smallest absolute Gasteiger partial charge is 0.303 e. The first-order chi connectivity index (χ1) is 5.99. The van der Waals surface area contributed by atoms with Crippen molar-refractivity contribution in [2.45, 2.75) is 46.1 Å². The molecule has 0 amide bonds. The second-order valence-electron chi connectivity index (χ2n) is 3.83. The van der Waals surface area contributed by atoms with Crippen LogP contribution in [0.4, 0.5) is 0 Å². The van der Waals surface area contributed by atoms with Gasteiger partial charge < -0.3 is 10.2 Å². The molecule has 0 rings (SSSR count). The van der Waals surface area contributed by atoms with E-state index >= 15 is 0 Å². The van der Waals surface area contributed by atoms with Crippen molar-refractivity contribution in [3.8, 4) is 0 Å². The van der Waals surface area contributed by atoms with Gasteiger partial charge in [0, 0.05) is 0 Å². The van der Waals surface area contributed by atoms with Crippen LogP contribution < -0.4 is 0 Å². The molecular formula is C10H20O3. The van der Waals surface area contributed by atoms with Gasteiger partial charge >= 0.3 is 5.97 Å². The average Bonchev–Trinajstić information content (AvgIpc) is 2.02. The van der Waals surface area contributed by atoms with E-state index in [0.717, 1.165) is 12.8 Å². The van der Waals surface area contributed by atoms with Crippen molar-refractivity contribution in [2.24, 2.45) is 11.8 Å². The van der Waals surface area contributed by atoms with E-state index in [1.165, 1.54) is 0 Å². The molecule has 0 aromatic carbocycles. The normalized spacial score (nSPS) is 17.8. The molecule has 0 saturated heterocycles. The fourth-order valence-corrected chi connectivity index (χ4v) is 1.58. The lowest BCUT2D eigenvalue weighted by Crippen LogP contribution is -2.27. The summed E-state index contributed by atoms with van der Waals surface area (Å²) in [5.74, 6) is -0.798. The highest BCUT2D eigenvalue weighted by Gasteiger charge is 2.22. The molecule has 0 aromatic rings. The first-order valence-electron chi connectivity index (χ1n) is 4.88. The van der Waals surface area contributed by atoms with Crippen LogP contribution in [0, 0.1) is 11.8 Å². The number of aliphatic hydroxyl groups is 1. The Labute approximate surface area is 79.8 Å². The Bertz CT molecular complexity index is 156. The van der Waals surface area contributed by atoms with Crippen LogP contribution in [0.1, 0.15) is 40.0 Å². The van der Waals surface area contributed by atoms with Crippen LogP contribution in [0.25, 0.3) is 0 Å². The van der Waals surface area contributed by atoms with Gasteiger partial charge in [-0.3, -0.25) is 4.79 Å². The minimum Gasteiger partial charge on any atom is -0.481 e. The highest BCUT2D eigenvalue weighted by Crippen LogP contribution is 2.19. The molecule has 0 heterocycles. The van der Waals surface area contributed by atoms with E-state index in [4.69, 9.17) is 5.11 Å². The number of carbonyl (C=O) groups is 1. The van der Waals surface area contributed by atoms with Gasteiger partial charge in [0.25, 0.3) is 0 Å². The van der Waals surface area contributed by atoms with Crippen LogP contribution in [-0.4, -0.2) is 22.3 Å². The minimum absolute atomic E-state index is 0.0508. The molecule has 78 valence electrons. The third kappa shape index (κ3) is 4.88. The molecular weight excluding hydrogens is 168 g/mol. The molecule has 2 N–H and O–H groups in total. The van der Waals surface area contributed by atoms with Crippen LogP contribution in [0.2, 0.25) is 0 Å². The predicted molar refractivity (Wildman–Crippen MR) is 51.5 cm³/mol. The zero-order chi connectivity index (χ0) is 10.4. The summed E-state index contributed by atoms with van der Waals surface area (Å²) in [4.78, 5) is 10.4. The maximum absolute atomic E-state index is 10.4. The van der Waals surface area contributed by atoms with Gasteiger partial charge in [-0.25, -0.2) is 0 Å². The Morgan fingerprint density at radius 3 is 2.23 bits per heavy atom. The number of aliphatic hydroxyl groups excluding tert-OH is 1. The summed E-state index contributed by atoms with van der Waals surface area (Å²) in [7, 11) is 0. The molecule has 0 aromatic heterocycles. The molecule has 13 heavy (non-hydrogen) atoms. The van der Waals surface area contributed by atoms with E-state index in [2.05, 4.69) is 6.92 Å². The van der Waals surface area contributed by atoms with Gasteiger partial charge in [0.05, 0.1) is 12.5 Å². The van der Waals surface area contributed by atoms with Crippen molar-refractivity contribution >= 4 is 5.97 Å². The van der Waals surface area contributed by atoms with E-state index in [9.17, 15) is 9.90 Å². The fraction of sp³-hybridized carbons (Fsp3) is 0.900. The second-order valence-corrected chi connectivity index (χ2v) is 3.83. The maximum Gasteiger partial charge on any atom is 0.303 e. The van der Waals surface area contributed by atoms with Gasteiger partial charge in [-0.1, -0.05) is 27.2 Å². The highest BCUT2D eigenvalue weighted by molar-refractivity contribution is 5.67. The Hall–Kier alpha value is -0.570. The van der Waals surface area contributed by atoms with Crippen molar-refractivity contribution in [1.82, 2.24) is 0 Å². The number of carboxylic acid groups (broad SMARTS) is 1. The molecule has 0 aliphatic carbocycles. The molecule has 3 atom stereocenters. The van der Waals surface area contributed by atoms with Crippen LogP contribution in [0.15, 0.2) is 0 Å². The zero-order valence-electron chi connectivity index (χ0n) is 8.66. The number of hydrogen-bond acceptors (Lipinski definition) is 2. The zero-order valence-corrected chi connectivity index (χ0v) is 8.66. The first kappa shape index (κ1) is 12.4. The number of aliphatic carboxylic acids is 1. The summed E-state index contributed by atoms with van der Waals surface area (Å²) in [5, 5.41) is 18.2. The van der Waals surface area contributed by atoms with Crippen molar-refractivity contribution in [3.05, 3.63) is 0 Å². The molecule has 3 heteroatoms. The number of rotatable bonds is 6. The molecule has 0 aliphatic rings. The summed E-state index contributed by atoms with van der Waals surface area (Å²) in [6, 6.07) is 0. The number of hydrogen-bond donors (Lipinski definition) is 2. The van der Waals surface area contributed by atoms with Crippen molar-refractivity contribution in [3.63, 3.8) is 0 Å². The lowest BCUT2D eigenvalue weighted by Gasteiger charge is -2.23. The van der Waals surface area contributed by atoms with E-state index in [1.54, 1.807) is 6.92 Å². The Balaban J connectivity index is 3.92. The predicted octanol–water partition coefficient (Wildman–Crippen LogP) is 1.89. The molecule has 3 unspecified atom stereocenters. The minimum atomic E-state index is -0.838. The van der Waals surface area contributed by atoms with Crippen molar-refractivity contribution < 1.29 is 15.0 Å². The van der Waals surface area contributed by atoms with Gasteiger partial charge in [-0.2, -0.15) is 0 Å². The van der Waals surface area contributed by atoms with Gasteiger partial charge in [0.2, 0.25) is 0 Å². The molecule has 0 radical (unpaired) electrons. The SMILES string of the molecule is CCCC(C)C(O)C(C)CC(=O)O. The summed E-state index contributed by atoms with van der Waals surface area (Å²) < 4.78 is 0. The Morgan fingerprint density at radius 2 is 1.85 bits per heavy atom. The quantitative estimate of drug-likeness (QED) is 0.669. The van der Waals surface area contributed by atoms with Crippen LogP contribution in [0.3, 0.4) is 0 Å². The third-order valence-corrected chi connectivity index (χ3v) is 2.41. The summed E-state index contributed by atoms with van der Waals surface area (Å²) in [6.45, 7) is 5.81. The van der Waals surface area contributed by atoms with Gasteiger partial charge in [0.15, 0.2) is 0 Å². The molecule has 0 fully saturated rings. The number of carboxylic acids is 1. The molecule has 0 saturated carbocycles. The summed E-state index contributed by atoms with van der Waals surface area (Å²) in [5.41, 5.74) is 0. The lowest BCUT2D eigenvalue weighted by molar-refractivity contribution is -0.139. The largest absolute Gasteiger partial charge is 0.481 e. The van der Waals surface area contributed by atoms with Crippen molar-refractivity contribution in [1.29, 1.82) is 0 Å². The standard InChI is InChI=1S/C10H20O3/c1-4-5-7(2)10(13)8(3)6-9(11)12/h7-8,10,13H,4-6H2,1-3H3,(H,11,12). The van der Waals surface area contributed by atoms with Crippen LogP contribution in [0.5, 0.6) is 0 Å².